The highest BCUT2D eigenvalue weighted by Crippen LogP contribution is 2.19. The number of amides is 1. The third-order valence-corrected chi connectivity index (χ3v) is 2.93. The second-order valence-corrected chi connectivity index (χ2v) is 4.67. The number of carbonyl (C=O) groups excluding carboxylic acids is 1. The summed E-state index contributed by atoms with van der Waals surface area (Å²) >= 11 is 3.26. The van der Waals surface area contributed by atoms with Crippen LogP contribution >= 0.6 is 15.9 Å². The highest BCUT2D eigenvalue weighted by Gasteiger charge is 2.23. The minimum Gasteiger partial charge on any atom is -0.447 e. The van der Waals surface area contributed by atoms with Crippen molar-refractivity contribution in [3.05, 3.63) is 64.9 Å². The summed E-state index contributed by atoms with van der Waals surface area (Å²) in [6.45, 7) is 0.384. The topological polar surface area (TPSA) is 51.2 Å². The molecule has 4 nitrogen and oxygen atoms in total. The Labute approximate surface area is 132 Å². The molecule has 1 atom stereocenters. The van der Waals surface area contributed by atoms with Crippen LogP contribution < -0.4 is 5.32 Å². The average Bonchev–Trinajstić information content (AvgIpc) is 2.98. The first-order valence-electron chi connectivity index (χ1n) is 6.14. The van der Waals surface area contributed by atoms with E-state index in [9.17, 15) is 4.79 Å². The van der Waals surface area contributed by atoms with E-state index >= 15 is 0 Å². The van der Waals surface area contributed by atoms with Gasteiger partial charge in [0.25, 0.3) is 0 Å². The molecule has 0 bridgehead atoms. The fraction of sp³-hybridized carbons (Fsp3) is 0.125. The van der Waals surface area contributed by atoms with Gasteiger partial charge in [-0.15, -0.1) is 12.8 Å². The Kier molecular flexibility index (Phi) is 7.62. The molecule has 0 aliphatic carbocycles. The number of aromatic nitrogens is 1. The number of nitrogens with one attached hydrogen (secondary N) is 1. The number of cyclic esters (lactones) is 1. The van der Waals surface area contributed by atoms with Crippen LogP contribution in [0.3, 0.4) is 0 Å². The van der Waals surface area contributed by atoms with Gasteiger partial charge in [0.2, 0.25) is 0 Å². The van der Waals surface area contributed by atoms with E-state index in [1.54, 1.807) is 6.20 Å². The SMILES string of the molecule is C#C.O=C1N[C@H](c2ccnc(Br)c2)CO1.c1ccccc1. The monoisotopic (exact) mass is 346 g/mol. The van der Waals surface area contributed by atoms with E-state index < -0.39 is 0 Å². The Hall–Kier alpha value is -2.32. The quantitative estimate of drug-likeness (QED) is 0.634. The molecule has 1 aliphatic heterocycles. The standard InChI is InChI=1S/C8H7BrN2O2.C6H6.C2H2/c9-7-3-5(1-2-10-7)6-4-13-8(12)11-6;1-2-4-6-5-3-1;1-2/h1-3,6H,4H2,(H,11,12);1-6H;1-2H/t6-;;/m0../s1. The van der Waals surface area contributed by atoms with Crippen molar-refractivity contribution in [2.24, 2.45) is 0 Å². The molecular formula is C16H15BrN2O2. The maximum atomic E-state index is 10.8. The maximum absolute atomic E-state index is 10.8. The van der Waals surface area contributed by atoms with Crippen LogP contribution in [0.4, 0.5) is 4.79 Å². The summed E-state index contributed by atoms with van der Waals surface area (Å²) in [5, 5.41) is 2.69. The number of ether oxygens (including phenoxy) is 1. The number of alkyl carbamates (subject to hydrolysis) is 1. The molecule has 0 unspecified atom stereocenters. The van der Waals surface area contributed by atoms with Gasteiger partial charge >= 0.3 is 6.09 Å². The second-order valence-electron chi connectivity index (χ2n) is 3.86. The third kappa shape index (κ3) is 6.11. The molecule has 0 radical (unpaired) electrons. The molecule has 1 aliphatic rings. The maximum Gasteiger partial charge on any atom is 0.407 e. The zero-order chi connectivity index (χ0) is 15.5. The van der Waals surface area contributed by atoms with Crippen molar-refractivity contribution in [3.63, 3.8) is 0 Å². The number of rotatable bonds is 1. The van der Waals surface area contributed by atoms with E-state index in [2.05, 4.69) is 39.1 Å². The molecule has 1 aromatic carbocycles. The fourth-order valence-electron chi connectivity index (χ4n) is 1.58. The van der Waals surface area contributed by atoms with Gasteiger partial charge in [0.05, 0.1) is 6.04 Å². The number of benzene rings is 1. The Morgan fingerprint density at radius 1 is 1.19 bits per heavy atom. The Morgan fingerprint density at radius 3 is 2.19 bits per heavy atom. The predicted molar refractivity (Wildman–Crippen MR) is 85.5 cm³/mol. The zero-order valence-corrected chi connectivity index (χ0v) is 12.9. The molecule has 5 heteroatoms. The molecule has 1 N–H and O–H groups in total. The first-order chi connectivity index (χ1) is 10.3. The van der Waals surface area contributed by atoms with Crippen LogP contribution in [0.25, 0.3) is 0 Å². The van der Waals surface area contributed by atoms with Crippen molar-refractivity contribution >= 4 is 22.0 Å². The van der Waals surface area contributed by atoms with Crippen molar-refractivity contribution < 1.29 is 9.53 Å². The van der Waals surface area contributed by atoms with E-state index in [1.165, 1.54) is 0 Å². The van der Waals surface area contributed by atoms with Crippen LogP contribution in [0.2, 0.25) is 0 Å². The average molecular weight is 347 g/mol. The van der Waals surface area contributed by atoms with Gasteiger partial charge in [-0.05, 0) is 33.6 Å². The van der Waals surface area contributed by atoms with Crippen LogP contribution in [0.5, 0.6) is 0 Å². The summed E-state index contributed by atoms with van der Waals surface area (Å²) in [5.74, 6) is 0. The van der Waals surface area contributed by atoms with Crippen LogP contribution in [0.1, 0.15) is 11.6 Å². The van der Waals surface area contributed by atoms with Crippen molar-refractivity contribution in [1.82, 2.24) is 10.3 Å². The molecule has 1 amide bonds. The molecule has 0 spiro atoms. The molecule has 3 rings (SSSR count). The number of halogens is 1. The van der Waals surface area contributed by atoms with Gasteiger partial charge in [0.1, 0.15) is 11.2 Å². The first kappa shape index (κ1) is 16.7. The van der Waals surface area contributed by atoms with Gasteiger partial charge in [-0.2, -0.15) is 0 Å². The molecule has 0 saturated carbocycles. The molecule has 2 heterocycles. The number of nitrogens with zero attached hydrogens (tertiary/aromatic N) is 1. The highest BCUT2D eigenvalue weighted by atomic mass is 79.9. The summed E-state index contributed by atoms with van der Waals surface area (Å²) < 4.78 is 5.53. The first-order valence-corrected chi connectivity index (χ1v) is 6.93. The van der Waals surface area contributed by atoms with Gasteiger partial charge in [-0.25, -0.2) is 9.78 Å². The summed E-state index contributed by atoms with van der Waals surface area (Å²) in [6.07, 6.45) is 9.32. The number of pyridine rings is 1. The molecule has 1 saturated heterocycles. The lowest BCUT2D eigenvalue weighted by molar-refractivity contribution is 0.177. The smallest absolute Gasteiger partial charge is 0.407 e. The lowest BCUT2D eigenvalue weighted by atomic mass is 10.1. The number of hydrogen-bond donors (Lipinski definition) is 1. The number of terminal acetylenes is 1. The largest absolute Gasteiger partial charge is 0.447 e. The Morgan fingerprint density at radius 2 is 1.76 bits per heavy atom. The van der Waals surface area contributed by atoms with Gasteiger partial charge in [0.15, 0.2) is 0 Å². The van der Waals surface area contributed by atoms with Gasteiger partial charge in [0, 0.05) is 6.20 Å². The van der Waals surface area contributed by atoms with E-state index in [0.29, 0.717) is 6.61 Å². The normalized spacial score (nSPS) is 15.4. The van der Waals surface area contributed by atoms with Gasteiger partial charge in [-0.3, -0.25) is 0 Å². The van der Waals surface area contributed by atoms with Crippen LogP contribution in [-0.4, -0.2) is 17.7 Å². The van der Waals surface area contributed by atoms with Crippen molar-refractivity contribution in [2.75, 3.05) is 6.61 Å². The summed E-state index contributed by atoms with van der Waals surface area (Å²) in [5.41, 5.74) is 0.993. The summed E-state index contributed by atoms with van der Waals surface area (Å²) in [4.78, 5) is 14.7. The predicted octanol–water partition coefficient (Wildman–Crippen LogP) is 3.56. The molecular weight excluding hydrogens is 332 g/mol. The van der Waals surface area contributed by atoms with Crippen LogP contribution in [0.15, 0.2) is 59.3 Å². The molecule has 1 fully saturated rings. The van der Waals surface area contributed by atoms with Gasteiger partial charge in [-0.1, -0.05) is 36.4 Å². The third-order valence-electron chi connectivity index (χ3n) is 2.49. The van der Waals surface area contributed by atoms with Crippen molar-refractivity contribution in [2.45, 2.75) is 6.04 Å². The van der Waals surface area contributed by atoms with Gasteiger partial charge < -0.3 is 10.1 Å². The molecule has 1 aromatic heterocycles. The van der Waals surface area contributed by atoms with Crippen molar-refractivity contribution in [1.29, 1.82) is 0 Å². The Bertz CT molecular complexity index is 546. The fourth-order valence-corrected chi connectivity index (χ4v) is 1.97. The highest BCUT2D eigenvalue weighted by molar-refractivity contribution is 9.10. The minimum absolute atomic E-state index is 0.0493. The lowest BCUT2D eigenvalue weighted by Gasteiger charge is -2.06. The molecule has 108 valence electrons. The Balaban J connectivity index is 0.000000231. The zero-order valence-electron chi connectivity index (χ0n) is 11.3. The summed E-state index contributed by atoms with van der Waals surface area (Å²) in [6, 6.07) is 15.7. The molecule has 21 heavy (non-hydrogen) atoms. The number of hydrogen-bond acceptors (Lipinski definition) is 3. The number of carbonyl (C=O) groups is 1. The second kappa shape index (κ2) is 9.56. The van der Waals surface area contributed by atoms with Crippen LogP contribution in [-0.2, 0) is 4.74 Å². The van der Waals surface area contributed by atoms with Crippen LogP contribution in [0, 0.1) is 12.8 Å². The van der Waals surface area contributed by atoms with Crippen molar-refractivity contribution in [3.8, 4) is 12.8 Å². The molecule has 2 aromatic rings. The summed E-state index contributed by atoms with van der Waals surface area (Å²) in [7, 11) is 0. The van der Waals surface area contributed by atoms with E-state index in [4.69, 9.17) is 4.74 Å². The minimum atomic E-state index is -0.363. The van der Waals surface area contributed by atoms with E-state index in [-0.39, 0.29) is 12.1 Å². The van der Waals surface area contributed by atoms with E-state index in [1.807, 2.05) is 48.5 Å². The lowest BCUT2D eigenvalue weighted by Crippen LogP contribution is -2.18. The van der Waals surface area contributed by atoms with E-state index in [0.717, 1.165) is 10.2 Å².